The Morgan fingerprint density at radius 3 is 2.30 bits per heavy atom. The van der Waals surface area contributed by atoms with Crippen LogP contribution in [0.1, 0.15) is 22.8 Å². The summed E-state index contributed by atoms with van der Waals surface area (Å²) >= 11 is 1.62. The number of thioether (sulfide) groups is 1. The number of benzene rings is 2. The third kappa shape index (κ3) is 6.27. The number of carbonyl (C=O) groups excluding carboxylic acids is 3. The molecule has 0 radical (unpaired) electrons. The number of ether oxygens (including phenoxy) is 1. The van der Waals surface area contributed by atoms with E-state index < -0.39 is 17.8 Å². The summed E-state index contributed by atoms with van der Waals surface area (Å²) in [6, 6.07) is 13.6. The summed E-state index contributed by atoms with van der Waals surface area (Å²) in [5.41, 5.74) is 3.69. The lowest BCUT2D eigenvalue weighted by Crippen LogP contribution is -2.32. The Hall–Kier alpha value is -3.13. The molecule has 0 saturated carbocycles. The van der Waals surface area contributed by atoms with E-state index in [1.165, 1.54) is 30.5 Å². The summed E-state index contributed by atoms with van der Waals surface area (Å²) in [6.07, 6.45) is 3.43. The molecular formula is C19H19N3O4S. The van der Waals surface area contributed by atoms with Gasteiger partial charge in [0.15, 0.2) is 0 Å². The highest BCUT2D eigenvalue weighted by molar-refractivity contribution is 7.98. The van der Waals surface area contributed by atoms with Gasteiger partial charge in [-0.15, -0.1) is 11.8 Å². The van der Waals surface area contributed by atoms with E-state index in [4.69, 9.17) is 4.74 Å². The van der Waals surface area contributed by atoms with Gasteiger partial charge in [-0.1, -0.05) is 12.1 Å². The highest BCUT2D eigenvalue weighted by atomic mass is 32.2. The maximum Gasteiger partial charge on any atom is 0.338 e. The van der Waals surface area contributed by atoms with Crippen molar-refractivity contribution in [3.05, 3.63) is 59.7 Å². The molecule has 140 valence electrons. The lowest BCUT2D eigenvalue weighted by molar-refractivity contribution is -0.136. The quantitative estimate of drug-likeness (QED) is 0.262. The van der Waals surface area contributed by atoms with Crippen molar-refractivity contribution in [1.82, 2.24) is 5.43 Å². The molecule has 0 atom stereocenters. The number of nitrogens with one attached hydrogen (secondary N) is 2. The van der Waals surface area contributed by atoms with Crippen LogP contribution in [0.25, 0.3) is 0 Å². The van der Waals surface area contributed by atoms with E-state index in [0.717, 1.165) is 10.5 Å². The van der Waals surface area contributed by atoms with Gasteiger partial charge in [-0.2, -0.15) is 5.10 Å². The van der Waals surface area contributed by atoms with Crippen LogP contribution >= 0.6 is 11.8 Å². The smallest absolute Gasteiger partial charge is 0.338 e. The summed E-state index contributed by atoms with van der Waals surface area (Å²) in [5, 5.41) is 6.19. The first-order valence-corrected chi connectivity index (χ1v) is 9.31. The number of rotatable bonds is 6. The maximum absolute atomic E-state index is 11.9. The van der Waals surface area contributed by atoms with Gasteiger partial charge in [-0.05, 0) is 55.1 Å². The zero-order valence-corrected chi connectivity index (χ0v) is 15.7. The Morgan fingerprint density at radius 2 is 1.70 bits per heavy atom. The minimum Gasteiger partial charge on any atom is -0.462 e. The molecule has 7 nitrogen and oxygen atoms in total. The Kier molecular flexibility index (Phi) is 7.57. The number of carbonyl (C=O) groups is 3. The van der Waals surface area contributed by atoms with Gasteiger partial charge in [0.25, 0.3) is 0 Å². The van der Waals surface area contributed by atoms with Crippen LogP contribution in [0.3, 0.4) is 0 Å². The zero-order chi connectivity index (χ0) is 19.6. The molecule has 0 bridgehead atoms. The molecule has 0 aliphatic carbocycles. The molecule has 2 rings (SSSR count). The molecule has 0 unspecified atom stereocenters. The molecule has 8 heteroatoms. The Morgan fingerprint density at radius 1 is 1.04 bits per heavy atom. The second kappa shape index (κ2) is 10.1. The number of amides is 2. The summed E-state index contributed by atoms with van der Waals surface area (Å²) in [7, 11) is 0. The Bertz CT molecular complexity index is 833. The van der Waals surface area contributed by atoms with Crippen molar-refractivity contribution in [3.8, 4) is 0 Å². The molecular weight excluding hydrogens is 366 g/mol. The van der Waals surface area contributed by atoms with E-state index in [1.807, 2.05) is 30.5 Å². The zero-order valence-electron chi connectivity index (χ0n) is 14.9. The molecule has 0 aliphatic heterocycles. The predicted octanol–water partition coefficient (Wildman–Crippen LogP) is 2.67. The highest BCUT2D eigenvalue weighted by Gasteiger charge is 2.13. The molecule has 0 fully saturated rings. The molecule has 0 spiro atoms. The number of nitrogens with zero attached hydrogens (tertiary/aromatic N) is 1. The van der Waals surface area contributed by atoms with E-state index in [9.17, 15) is 14.4 Å². The van der Waals surface area contributed by atoms with Crippen LogP contribution in [-0.2, 0) is 14.3 Å². The van der Waals surface area contributed by atoms with Crippen molar-refractivity contribution in [3.63, 3.8) is 0 Å². The van der Waals surface area contributed by atoms with Crippen LogP contribution in [0, 0.1) is 0 Å². The van der Waals surface area contributed by atoms with E-state index in [0.29, 0.717) is 11.3 Å². The predicted molar refractivity (Wildman–Crippen MR) is 105 cm³/mol. The van der Waals surface area contributed by atoms with Crippen molar-refractivity contribution in [1.29, 1.82) is 0 Å². The standard InChI is InChI=1S/C19H19N3O4S/c1-3-26-19(25)14-6-8-15(9-7-14)21-17(23)18(24)22-20-12-13-4-10-16(27-2)11-5-13/h4-12H,3H2,1-2H3,(H,21,23)(H,22,24). The molecule has 0 aliphatic rings. The minimum absolute atomic E-state index is 0.278. The minimum atomic E-state index is -0.901. The molecule has 2 aromatic rings. The highest BCUT2D eigenvalue weighted by Crippen LogP contribution is 2.14. The second-order valence-electron chi connectivity index (χ2n) is 5.22. The van der Waals surface area contributed by atoms with Gasteiger partial charge < -0.3 is 10.1 Å². The first-order valence-electron chi connectivity index (χ1n) is 8.09. The molecule has 2 N–H and O–H groups in total. The fourth-order valence-electron chi connectivity index (χ4n) is 2.00. The van der Waals surface area contributed by atoms with Gasteiger partial charge >= 0.3 is 17.8 Å². The molecule has 2 amide bonds. The third-order valence-electron chi connectivity index (χ3n) is 3.36. The molecule has 0 aromatic heterocycles. The second-order valence-corrected chi connectivity index (χ2v) is 6.10. The normalized spacial score (nSPS) is 10.4. The fraction of sp³-hybridized carbons (Fsp3) is 0.158. The number of hydrogen-bond acceptors (Lipinski definition) is 6. The van der Waals surface area contributed by atoms with Gasteiger partial charge in [0.1, 0.15) is 0 Å². The lowest BCUT2D eigenvalue weighted by Gasteiger charge is -2.05. The van der Waals surface area contributed by atoms with Crippen molar-refractivity contribution in [2.24, 2.45) is 5.10 Å². The van der Waals surface area contributed by atoms with E-state index in [2.05, 4.69) is 15.8 Å². The largest absolute Gasteiger partial charge is 0.462 e. The molecule has 0 heterocycles. The monoisotopic (exact) mass is 385 g/mol. The fourth-order valence-corrected chi connectivity index (χ4v) is 2.41. The van der Waals surface area contributed by atoms with Crippen LogP contribution in [0.5, 0.6) is 0 Å². The van der Waals surface area contributed by atoms with Crippen LogP contribution in [0.2, 0.25) is 0 Å². The van der Waals surface area contributed by atoms with Crippen molar-refractivity contribution < 1.29 is 19.1 Å². The van der Waals surface area contributed by atoms with Crippen LogP contribution in [0.15, 0.2) is 58.5 Å². The first kappa shape index (κ1) is 20.2. The van der Waals surface area contributed by atoms with E-state index in [1.54, 1.807) is 18.7 Å². The average Bonchev–Trinajstić information content (AvgIpc) is 2.69. The first-order chi connectivity index (χ1) is 13.0. The van der Waals surface area contributed by atoms with Crippen molar-refractivity contribution in [2.45, 2.75) is 11.8 Å². The van der Waals surface area contributed by atoms with Crippen molar-refractivity contribution in [2.75, 3.05) is 18.2 Å². The van der Waals surface area contributed by atoms with Gasteiger partial charge in [0.05, 0.1) is 18.4 Å². The van der Waals surface area contributed by atoms with Crippen LogP contribution < -0.4 is 10.7 Å². The van der Waals surface area contributed by atoms with Gasteiger partial charge in [0.2, 0.25) is 0 Å². The van der Waals surface area contributed by atoms with Crippen LogP contribution in [-0.4, -0.2) is 36.9 Å². The summed E-state index contributed by atoms with van der Waals surface area (Å²) in [5.74, 6) is -2.22. The Labute approximate surface area is 161 Å². The number of anilines is 1. The van der Waals surface area contributed by atoms with Gasteiger partial charge in [0, 0.05) is 10.6 Å². The SMILES string of the molecule is CCOC(=O)c1ccc(NC(=O)C(=O)NN=Cc2ccc(SC)cc2)cc1. The van der Waals surface area contributed by atoms with Crippen molar-refractivity contribution >= 4 is 41.4 Å². The van der Waals surface area contributed by atoms with E-state index in [-0.39, 0.29) is 6.61 Å². The lowest BCUT2D eigenvalue weighted by atomic mass is 10.2. The molecule has 0 saturated heterocycles. The number of esters is 1. The average molecular weight is 385 g/mol. The topological polar surface area (TPSA) is 96.9 Å². The summed E-state index contributed by atoms with van der Waals surface area (Å²) in [6.45, 7) is 1.99. The summed E-state index contributed by atoms with van der Waals surface area (Å²) in [4.78, 5) is 36.3. The maximum atomic E-state index is 11.9. The molecule has 2 aromatic carbocycles. The number of hydrogen-bond donors (Lipinski definition) is 2. The Balaban J connectivity index is 1.86. The number of hydrazone groups is 1. The molecule has 27 heavy (non-hydrogen) atoms. The van der Waals surface area contributed by atoms with Gasteiger partial charge in [-0.3, -0.25) is 9.59 Å². The van der Waals surface area contributed by atoms with Gasteiger partial charge in [-0.25, -0.2) is 10.2 Å². The summed E-state index contributed by atoms with van der Waals surface area (Å²) < 4.78 is 4.87. The van der Waals surface area contributed by atoms with E-state index >= 15 is 0 Å². The third-order valence-corrected chi connectivity index (χ3v) is 4.10. The van der Waals surface area contributed by atoms with Crippen LogP contribution in [0.4, 0.5) is 5.69 Å².